The highest BCUT2D eigenvalue weighted by Gasteiger charge is 2.31. The highest BCUT2D eigenvalue weighted by molar-refractivity contribution is 5.92. The fraction of sp³-hybridized carbons (Fsp3) is 0.562. The van der Waals surface area contributed by atoms with Crippen molar-refractivity contribution in [3.05, 3.63) is 30.1 Å². The molecule has 0 radical (unpaired) electrons. The lowest BCUT2D eigenvalue weighted by Crippen LogP contribution is -2.44. The molecule has 3 N–H and O–H groups in total. The van der Waals surface area contributed by atoms with Crippen molar-refractivity contribution in [3.63, 3.8) is 0 Å². The van der Waals surface area contributed by atoms with Gasteiger partial charge in [-0.2, -0.15) is 0 Å². The number of halogens is 1. The number of benzene rings is 1. The van der Waals surface area contributed by atoms with Gasteiger partial charge in [-0.1, -0.05) is 19.4 Å². The molecule has 0 heterocycles. The number of likely N-dealkylation sites (N-methyl/N-ethyl adjacent to an activating group) is 1. The molecule has 0 aromatic heterocycles. The molecule has 0 aliphatic heterocycles. The van der Waals surface area contributed by atoms with E-state index in [9.17, 15) is 9.18 Å². The molecule has 21 heavy (non-hydrogen) atoms. The van der Waals surface area contributed by atoms with Crippen LogP contribution < -0.4 is 11.1 Å². The molecule has 0 saturated heterocycles. The lowest BCUT2D eigenvalue weighted by molar-refractivity contribution is -0.118. The number of carbonyl (C=O) groups excluding carboxylic acids is 1. The number of nitrogens with one attached hydrogen (secondary N) is 1. The van der Waals surface area contributed by atoms with E-state index >= 15 is 0 Å². The highest BCUT2D eigenvalue weighted by atomic mass is 19.1. The second-order valence-corrected chi connectivity index (χ2v) is 5.62. The van der Waals surface area contributed by atoms with E-state index in [1.807, 2.05) is 0 Å². The quantitative estimate of drug-likeness (QED) is 0.845. The Morgan fingerprint density at radius 1 is 1.48 bits per heavy atom. The summed E-state index contributed by atoms with van der Waals surface area (Å²) < 4.78 is 13.1. The van der Waals surface area contributed by atoms with Gasteiger partial charge in [0.25, 0.3) is 0 Å². The molecule has 0 bridgehead atoms. The Morgan fingerprint density at radius 3 is 2.95 bits per heavy atom. The fourth-order valence-corrected chi connectivity index (χ4v) is 3.19. The van der Waals surface area contributed by atoms with Crippen molar-refractivity contribution in [1.29, 1.82) is 0 Å². The maximum atomic E-state index is 13.1. The molecule has 4 nitrogen and oxygen atoms in total. The van der Waals surface area contributed by atoms with Crippen LogP contribution in [0.3, 0.4) is 0 Å². The Morgan fingerprint density at radius 2 is 2.29 bits per heavy atom. The summed E-state index contributed by atoms with van der Waals surface area (Å²) in [5.74, 6) is 0.0242. The van der Waals surface area contributed by atoms with Crippen molar-refractivity contribution in [2.75, 3.05) is 25.0 Å². The van der Waals surface area contributed by atoms with E-state index < -0.39 is 0 Å². The van der Waals surface area contributed by atoms with Crippen molar-refractivity contribution in [3.8, 4) is 0 Å². The first-order valence-electron chi connectivity index (χ1n) is 7.63. The second-order valence-electron chi connectivity index (χ2n) is 5.62. The maximum absolute atomic E-state index is 13.1. The number of hydrogen-bond donors (Lipinski definition) is 2. The zero-order valence-corrected chi connectivity index (χ0v) is 12.5. The number of anilines is 1. The fourth-order valence-electron chi connectivity index (χ4n) is 3.19. The summed E-state index contributed by atoms with van der Waals surface area (Å²) in [5.41, 5.74) is 6.32. The van der Waals surface area contributed by atoms with Crippen LogP contribution in [0.5, 0.6) is 0 Å². The summed E-state index contributed by atoms with van der Waals surface area (Å²) in [6, 6.07) is 6.35. The Balaban J connectivity index is 1.93. The van der Waals surface area contributed by atoms with Gasteiger partial charge in [-0.3, -0.25) is 9.69 Å². The smallest absolute Gasteiger partial charge is 0.238 e. The molecule has 2 rings (SSSR count). The molecule has 2 unspecified atom stereocenters. The SMILES string of the molecule is CCN(CC(=O)Nc1cccc(F)c1)C1CCCC1CN. The van der Waals surface area contributed by atoms with Gasteiger partial charge in [0.2, 0.25) is 5.91 Å². The molecule has 1 aliphatic carbocycles. The first kappa shape index (κ1) is 15.9. The number of amides is 1. The molecule has 5 heteroatoms. The number of hydrogen-bond acceptors (Lipinski definition) is 3. The summed E-state index contributed by atoms with van der Waals surface area (Å²) in [6.07, 6.45) is 3.42. The van der Waals surface area contributed by atoms with Crippen LogP contribution in [-0.4, -0.2) is 36.5 Å². The zero-order chi connectivity index (χ0) is 15.2. The van der Waals surface area contributed by atoms with E-state index in [4.69, 9.17) is 5.73 Å². The molecule has 1 saturated carbocycles. The first-order chi connectivity index (χ1) is 10.1. The minimum absolute atomic E-state index is 0.106. The highest BCUT2D eigenvalue weighted by Crippen LogP contribution is 2.29. The lowest BCUT2D eigenvalue weighted by atomic mass is 10.0. The van der Waals surface area contributed by atoms with E-state index in [1.54, 1.807) is 12.1 Å². The molecule has 1 aromatic rings. The van der Waals surface area contributed by atoms with E-state index in [-0.39, 0.29) is 11.7 Å². The monoisotopic (exact) mass is 293 g/mol. The van der Waals surface area contributed by atoms with Crippen LogP contribution in [0.4, 0.5) is 10.1 Å². The maximum Gasteiger partial charge on any atom is 0.238 e. The van der Waals surface area contributed by atoms with Crippen LogP contribution in [0.25, 0.3) is 0 Å². The average Bonchev–Trinajstić information content (AvgIpc) is 2.93. The summed E-state index contributed by atoms with van der Waals surface area (Å²) in [7, 11) is 0. The van der Waals surface area contributed by atoms with Gasteiger partial charge in [0.15, 0.2) is 0 Å². The number of carbonyl (C=O) groups is 1. The minimum atomic E-state index is -0.348. The van der Waals surface area contributed by atoms with Gasteiger partial charge in [-0.15, -0.1) is 0 Å². The molecule has 116 valence electrons. The summed E-state index contributed by atoms with van der Waals surface area (Å²) in [5, 5.41) is 2.75. The summed E-state index contributed by atoms with van der Waals surface area (Å²) in [6.45, 7) is 3.87. The van der Waals surface area contributed by atoms with Gasteiger partial charge in [-0.05, 0) is 50.0 Å². The zero-order valence-electron chi connectivity index (χ0n) is 12.5. The third-order valence-electron chi connectivity index (χ3n) is 4.25. The van der Waals surface area contributed by atoms with Gasteiger partial charge >= 0.3 is 0 Å². The molecule has 1 aromatic carbocycles. The van der Waals surface area contributed by atoms with Crippen molar-refractivity contribution in [2.45, 2.75) is 32.2 Å². The van der Waals surface area contributed by atoms with E-state index in [0.717, 1.165) is 19.4 Å². The van der Waals surface area contributed by atoms with Crippen LogP contribution in [-0.2, 0) is 4.79 Å². The van der Waals surface area contributed by atoms with Gasteiger partial charge in [0, 0.05) is 11.7 Å². The largest absolute Gasteiger partial charge is 0.330 e. The second kappa shape index (κ2) is 7.52. The Kier molecular flexibility index (Phi) is 5.70. The van der Waals surface area contributed by atoms with Crippen LogP contribution in [0, 0.1) is 11.7 Å². The predicted molar refractivity (Wildman–Crippen MR) is 82.5 cm³/mol. The molecular formula is C16H24FN3O. The molecular weight excluding hydrogens is 269 g/mol. The van der Waals surface area contributed by atoms with Gasteiger partial charge in [0.05, 0.1) is 6.54 Å². The van der Waals surface area contributed by atoms with E-state index in [1.165, 1.54) is 18.6 Å². The van der Waals surface area contributed by atoms with Crippen molar-refractivity contribution in [2.24, 2.45) is 11.7 Å². The number of nitrogens with zero attached hydrogens (tertiary/aromatic N) is 1. The van der Waals surface area contributed by atoms with Crippen LogP contribution >= 0.6 is 0 Å². The van der Waals surface area contributed by atoms with Crippen molar-refractivity contribution in [1.82, 2.24) is 4.90 Å². The first-order valence-corrected chi connectivity index (χ1v) is 7.63. The molecule has 2 atom stereocenters. The van der Waals surface area contributed by atoms with Crippen LogP contribution in [0.15, 0.2) is 24.3 Å². The third-order valence-corrected chi connectivity index (χ3v) is 4.25. The normalized spacial score (nSPS) is 21.7. The minimum Gasteiger partial charge on any atom is -0.330 e. The average molecular weight is 293 g/mol. The molecule has 1 amide bonds. The summed E-state index contributed by atoms with van der Waals surface area (Å²) >= 11 is 0. The van der Waals surface area contributed by atoms with Crippen molar-refractivity contribution >= 4 is 11.6 Å². The predicted octanol–water partition coefficient (Wildman–Crippen LogP) is 2.21. The van der Waals surface area contributed by atoms with Crippen molar-refractivity contribution < 1.29 is 9.18 Å². The third kappa shape index (κ3) is 4.25. The Hall–Kier alpha value is -1.46. The van der Waals surface area contributed by atoms with Crippen LogP contribution in [0.1, 0.15) is 26.2 Å². The van der Waals surface area contributed by atoms with Gasteiger partial charge in [0.1, 0.15) is 5.82 Å². The van der Waals surface area contributed by atoms with Crippen LogP contribution in [0.2, 0.25) is 0 Å². The van der Waals surface area contributed by atoms with Gasteiger partial charge < -0.3 is 11.1 Å². The molecule has 1 aliphatic rings. The number of rotatable bonds is 6. The molecule has 0 spiro atoms. The molecule has 1 fully saturated rings. The summed E-state index contributed by atoms with van der Waals surface area (Å²) in [4.78, 5) is 14.3. The number of nitrogens with two attached hydrogens (primary N) is 1. The van der Waals surface area contributed by atoms with Gasteiger partial charge in [-0.25, -0.2) is 4.39 Å². The topological polar surface area (TPSA) is 58.4 Å². The Labute approximate surface area is 125 Å². The lowest BCUT2D eigenvalue weighted by Gasteiger charge is -2.31. The van der Waals surface area contributed by atoms with E-state index in [2.05, 4.69) is 17.1 Å². The Bertz CT molecular complexity index is 480. The van der Waals surface area contributed by atoms with E-state index in [0.29, 0.717) is 30.7 Å². The standard InChI is InChI=1S/C16H24FN3O/c1-2-20(15-8-3-5-12(15)10-18)11-16(21)19-14-7-4-6-13(17)9-14/h4,6-7,9,12,15H,2-3,5,8,10-11,18H2,1H3,(H,19,21).